The first-order chi connectivity index (χ1) is 8.18. The van der Waals surface area contributed by atoms with E-state index in [1.165, 1.54) is 0 Å². The quantitative estimate of drug-likeness (QED) is 0.367. The summed E-state index contributed by atoms with van der Waals surface area (Å²) in [5.41, 5.74) is 5.23. The molecule has 104 valence electrons. The van der Waals surface area contributed by atoms with E-state index < -0.39 is 5.72 Å². The zero-order chi connectivity index (χ0) is 13.0. The summed E-state index contributed by atoms with van der Waals surface area (Å²) in [7, 11) is 3.22. The van der Waals surface area contributed by atoms with E-state index in [-0.39, 0.29) is 6.61 Å². The van der Waals surface area contributed by atoms with Crippen LogP contribution >= 0.6 is 0 Å². The molecule has 1 atom stereocenters. The lowest BCUT2D eigenvalue weighted by molar-refractivity contribution is -0.0873. The van der Waals surface area contributed by atoms with E-state index in [0.29, 0.717) is 39.5 Å². The minimum atomic E-state index is -0.768. The van der Waals surface area contributed by atoms with Crippen molar-refractivity contribution in [2.75, 3.05) is 53.9 Å². The lowest BCUT2D eigenvalue weighted by Crippen LogP contribution is -2.46. The molecule has 0 aliphatic rings. The van der Waals surface area contributed by atoms with Gasteiger partial charge >= 0.3 is 0 Å². The number of nitrogens with two attached hydrogens (primary N) is 1. The maximum atomic E-state index is 8.49. The van der Waals surface area contributed by atoms with Crippen molar-refractivity contribution in [2.24, 2.45) is 5.73 Å². The van der Waals surface area contributed by atoms with Gasteiger partial charge in [-0.2, -0.15) is 0 Å². The van der Waals surface area contributed by atoms with E-state index in [0.717, 1.165) is 6.42 Å². The van der Waals surface area contributed by atoms with Crippen LogP contribution < -0.4 is 5.73 Å². The largest absolute Gasteiger partial charge is 0.394 e. The van der Waals surface area contributed by atoms with Crippen LogP contribution in [0, 0.1) is 0 Å². The fourth-order valence-electron chi connectivity index (χ4n) is 1.28. The van der Waals surface area contributed by atoms with Gasteiger partial charge in [0.15, 0.2) is 0 Å². The third-order valence-corrected chi connectivity index (χ3v) is 2.31. The average molecular weight is 251 g/mol. The van der Waals surface area contributed by atoms with Crippen LogP contribution in [-0.2, 0) is 18.9 Å². The van der Waals surface area contributed by atoms with E-state index in [2.05, 4.69) is 0 Å². The molecule has 0 aliphatic carbocycles. The molecular weight excluding hydrogens is 226 g/mol. The van der Waals surface area contributed by atoms with Crippen molar-refractivity contribution in [1.82, 2.24) is 0 Å². The first-order valence-electron chi connectivity index (χ1n) is 5.78. The Labute approximate surface area is 103 Å². The summed E-state index contributed by atoms with van der Waals surface area (Å²) >= 11 is 0. The second-order valence-corrected chi connectivity index (χ2v) is 3.75. The zero-order valence-electron chi connectivity index (χ0n) is 10.8. The molecule has 0 radical (unpaired) electrons. The molecule has 17 heavy (non-hydrogen) atoms. The van der Waals surface area contributed by atoms with Crippen molar-refractivity contribution in [3.63, 3.8) is 0 Å². The molecule has 0 heterocycles. The van der Waals surface area contributed by atoms with Crippen molar-refractivity contribution < 1.29 is 24.1 Å². The molecule has 0 bridgehead atoms. The van der Waals surface area contributed by atoms with E-state index in [9.17, 15) is 0 Å². The van der Waals surface area contributed by atoms with Gasteiger partial charge in [0.05, 0.1) is 33.0 Å². The van der Waals surface area contributed by atoms with Gasteiger partial charge in [-0.25, -0.2) is 0 Å². The summed E-state index contributed by atoms with van der Waals surface area (Å²) in [6.45, 7) is 2.20. The Morgan fingerprint density at radius 1 is 1.06 bits per heavy atom. The highest BCUT2D eigenvalue weighted by Gasteiger charge is 2.23. The first-order valence-corrected chi connectivity index (χ1v) is 5.78. The summed E-state index contributed by atoms with van der Waals surface area (Å²) in [4.78, 5) is 0. The minimum Gasteiger partial charge on any atom is -0.394 e. The third kappa shape index (κ3) is 9.46. The van der Waals surface area contributed by atoms with Crippen LogP contribution in [0.1, 0.15) is 12.8 Å². The summed E-state index contributed by atoms with van der Waals surface area (Å²) in [6.07, 6.45) is 1.50. The monoisotopic (exact) mass is 251 g/mol. The Morgan fingerprint density at radius 2 is 1.76 bits per heavy atom. The van der Waals surface area contributed by atoms with Crippen LogP contribution in [0.25, 0.3) is 0 Å². The Kier molecular flexibility index (Phi) is 10.7. The number of rotatable bonds is 12. The van der Waals surface area contributed by atoms with Crippen LogP contribution in [0.5, 0.6) is 0 Å². The van der Waals surface area contributed by atoms with Gasteiger partial charge in [-0.05, 0) is 12.8 Å². The molecule has 0 saturated heterocycles. The van der Waals surface area contributed by atoms with E-state index in [1.807, 2.05) is 0 Å². The smallest absolute Gasteiger partial charge is 0.139 e. The lowest BCUT2D eigenvalue weighted by atomic mass is 10.1. The molecule has 3 N–H and O–H groups in total. The van der Waals surface area contributed by atoms with Crippen LogP contribution in [-0.4, -0.2) is 64.7 Å². The fourth-order valence-corrected chi connectivity index (χ4v) is 1.28. The highest BCUT2D eigenvalue weighted by molar-refractivity contribution is 4.72. The number of methoxy groups -OCH3 is 2. The maximum absolute atomic E-state index is 8.49. The third-order valence-electron chi connectivity index (χ3n) is 2.31. The van der Waals surface area contributed by atoms with Gasteiger partial charge in [-0.3, -0.25) is 0 Å². The Hall–Kier alpha value is -0.240. The van der Waals surface area contributed by atoms with Gasteiger partial charge in [0.2, 0.25) is 0 Å². The molecule has 6 nitrogen and oxygen atoms in total. The van der Waals surface area contributed by atoms with Crippen LogP contribution in [0.3, 0.4) is 0 Å². The maximum Gasteiger partial charge on any atom is 0.139 e. The lowest BCUT2D eigenvalue weighted by Gasteiger charge is -2.27. The highest BCUT2D eigenvalue weighted by atomic mass is 16.6. The van der Waals surface area contributed by atoms with Gasteiger partial charge in [0, 0.05) is 20.8 Å². The molecule has 0 rings (SSSR count). The number of aliphatic hydroxyl groups is 1. The fraction of sp³-hybridized carbons (Fsp3) is 1.00. The van der Waals surface area contributed by atoms with Crippen LogP contribution in [0.4, 0.5) is 0 Å². The Morgan fingerprint density at radius 3 is 2.35 bits per heavy atom. The standard InChI is InChI=1S/C11H25NO5/c1-14-6-3-4-11(12,15-2)10-17-9-8-16-7-5-13/h13H,3-10,12H2,1-2H3. The molecule has 0 aromatic rings. The second kappa shape index (κ2) is 10.9. The number of ether oxygens (including phenoxy) is 4. The molecule has 0 aromatic heterocycles. The van der Waals surface area contributed by atoms with Gasteiger partial charge in [-0.1, -0.05) is 0 Å². The summed E-state index contributed by atoms with van der Waals surface area (Å²) < 4.78 is 20.6. The molecular formula is C11H25NO5. The normalized spacial score (nSPS) is 14.8. The molecule has 0 aliphatic heterocycles. The van der Waals surface area contributed by atoms with Crippen LogP contribution in [0.2, 0.25) is 0 Å². The SMILES string of the molecule is COCCCC(N)(COCCOCCO)OC. The number of aliphatic hydroxyl groups excluding tert-OH is 1. The Bertz CT molecular complexity index is 170. The van der Waals surface area contributed by atoms with Gasteiger partial charge in [0.25, 0.3) is 0 Å². The number of hydrogen-bond donors (Lipinski definition) is 2. The zero-order valence-corrected chi connectivity index (χ0v) is 10.8. The topological polar surface area (TPSA) is 83.2 Å². The van der Waals surface area contributed by atoms with E-state index in [1.54, 1.807) is 14.2 Å². The molecule has 6 heteroatoms. The predicted octanol–water partition coefficient (Wildman–Crippen LogP) is -0.260. The summed E-state index contributed by atoms with van der Waals surface area (Å²) in [5, 5.41) is 8.49. The highest BCUT2D eigenvalue weighted by Crippen LogP contribution is 2.11. The van der Waals surface area contributed by atoms with Crippen molar-refractivity contribution in [2.45, 2.75) is 18.6 Å². The van der Waals surface area contributed by atoms with Crippen molar-refractivity contribution in [3.8, 4) is 0 Å². The molecule has 0 aromatic carbocycles. The molecule has 0 fully saturated rings. The molecule has 0 saturated carbocycles. The van der Waals surface area contributed by atoms with Crippen molar-refractivity contribution in [1.29, 1.82) is 0 Å². The molecule has 0 spiro atoms. The first kappa shape index (κ1) is 16.8. The second-order valence-electron chi connectivity index (χ2n) is 3.75. The summed E-state index contributed by atoms with van der Waals surface area (Å²) in [5.74, 6) is 0. The van der Waals surface area contributed by atoms with Gasteiger partial charge < -0.3 is 29.8 Å². The van der Waals surface area contributed by atoms with Crippen molar-refractivity contribution >= 4 is 0 Å². The van der Waals surface area contributed by atoms with Gasteiger partial charge in [0.1, 0.15) is 5.72 Å². The van der Waals surface area contributed by atoms with E-state index in [4.69, 9.17) is 29.8 Å². The van der Waals surface area contributed by atoms with E-state index >= 15 is 0 Å². The average Bonchev–Trinajstić information content (AvgIpc) is 2.34. The predicted molar refractivity (Wildman–Crippen MR) is 63.8 cm³/mol. The van der Waals surface area contributed by atoms with Crippen LogP contribution in [0.15, 0.2) is 0 Å². The minimum absolute atomic E-state index is 0.0237. The molecule has 1 unspecified atom stereocenters. The van der Waals surface area contributed by atoms with Crippen molar-refractivity contribution in [3.05, 3.63) is 0 Å². The number of hydrogen-bond acceptors (Lipinski definition) is 6. The van der Waals surface area contributed by atoms with Gasteiger partial charge in [-0.15, -0.1) is 0 Å². The molecule has 0 amide bonds. The summed E-state index contributed by atoms with van der Waals surface area (Å²) in [6, 6.07) is 0. The Balaban J connectivity index is 3.57.